The van der Waals surface area contributed by atoms with Gasteiger partial charge < -0.3 is 15.2 Å². The maximum absolute atomic E-state index is 5.21. The molecule has 0 fully saturated rings. The van der Waals surface area contributed by atoms with Crippen LogP contribution in [0.15, 0.2) is 33.9 Å². The molecule has 0 aliphatic rings. The molecule has 0 bridgehead atoms. The van der Waals surface area contributed by atoms with Crippen molar-refractivity contribution in [1.82, 2.24) is 25.8 Å². The van der Waals surface area contributed by atoms with Crippen LogP contribution in [0, 0.1) is 0 Å². The minimum absolute atomic E-state index is 0.279. The summed E-state index contributed by atoms with van der Waals surface area (Å²) in [5, 5.41) is 10.4. The molecule has 0 atom stereocenters. The Morgan fingerprint density at radius 1 is 1.22 bits per heavy atom. The summed E-state index contributed by atoms with van der Waals surface area (Å²) in [6.07, 6.45) is 3.32. The molecule has 0 unspecified atom stereocenters. The molecule has 0 aromatic carbocycles. The zero-order chi connectivity index (χ0) is 16.5. The highest BCUT2D eigenvalue weighted by atomic mass is 16.5. The second-order valence-electron chi connectivity index (χ2n) is 5.45. The van der Waals surface area contributed by atoms with Gasteiger partial charge in [0.25, 0.3) is 0 Å². The van der Waals surface area contributed by atoms with Gasteiger partial charge in [-0.15, -0.1) is 0 Å². The predicted molar refractivity (Wildman–Crippen MR) is 89.4 cm³/mol. The molecule has 0 amide bonds. The number of nitrogens with one attached hydrogen (secondary N) is 2. The van der Waals surface area contributed by atoms with E-state index in [1.54, 1.807) is 13.2 Å². The lowest BCUT2D eigenvalue weighted by atomic mass is 10.2. The molecule has 2 aromatic rings. The molecule has 7 nitrogen and oxygen atoms in total. The lowest BCUT2D eigenvalue weighted by Crippen LogP contribution is -2.39. The molecule has 7 heteroatoms. The molecule has 2 aromatic heterocycles. The first-order valence-electron chi connectivity index (χ1n) is 7.86. The molecular weight excluding hydrogens is 292 g/mol. The van der Waals surface area contributed by atoms with Crippen LogP contribution in [0.1, 0.15) is 37.2 Å². The number of guanidine groups is 1. The van der Waals surface area contributed by atoms with E-state index in [9.17, 15) is 0 Å². The molecule has 0 spiro atoms. The van der Waals surface area contributed by atoms with Crippen molar-refractivity contribution in [3.05, 3.63) is 41.8 Å². The van der Waals surface area contributed by atoms with E-state index in [0.717, 1.165) is 30.4 Å². The number of pyridine rings is 1. The van der Waals surface area contributed by atoms with Crippen LogP contribution < -0.4 is 10.6 Å². The Bertz CT molecular complexity index is 608. The molecule has 0 aliphatic heterocycles. The van der Waals surface area contributed by atoms with Gasteiger partial charge in [0.1, 0.15) is 0 Å². The van der Waals surface area contributed by atoms with Crippen LogP contribution in [0.2, 0.25) is 0 Å². The Balaban J connectivity index is 1.68. The summed E-state index contributed by atoms with van der Waals surface area (Å²) in [7, 11) is 1.75. The minimum Gasteiger partial charge on any atom is -0.356 e. The Morgan fingerprint density at radius 2 is 2.00 bits per heavy atom. The Kier molecular flexibility index (Phi) is 6.53. The van der Waals surface area contributed by atoms with E-state index in [2.05, 4.69) is 30.8 Å². The Hall–Kier alpha value is -2.44. The van der Waals surface area contributed by atoms with Crippen LogP contribution in [0.3, 0.4) is 0 Å². The van der Waals surface area contributed by atoms with Crippen LogP contribution >= 0.6 is 0 Å². The van der Waals surface area contributed by atoms with Gasteiger partial charge >= 0.3 is 0 Å². The number of aliphatic imine (C=N–C) groups is 1. The molecule has 0 saturated heterocycles. The fourth-order valence-corrected chi connectivity index (χ4v) is 1.97. The van der Waals surface area contributed by atoms with Gasteiger partial charge in [0.05, 0.1) is 0 Å². The zero-order valence-corrected chi connectivity index (χ0v) is 13.9. The second-order valence-corrected chi connectivity index (χ2v) is 5.45. The third-order valence-corrected chi connectivity index (χ3v) is 3.25. The number of hydrogen-bond acceptors (Lipinski definition) is 5. The highest BCUT2D eigenvalue weighted by Crippen LogP contribution is 2.09. The Labute approximate surface area is 136 Å². The number of nitrogens with zero attached hydrogens (tertiary/aromatic N) is 4. The molecule has 2 heterocycles. The molecular formula is C16H24N6O. The fraction of sp³-hybridized carbons (Fsp3) is 0.500. The van der Waals surface area contributed by atoms with Crippen LogP contribution in [-0.2, 0) is 12.8 Å². The topological polar surface area (TPSA) is 88.2 Å². The first kappa shape index (κ1) is 16.9. The largest absolute Gasteiger partial charge is 0.356 e. The normalized spacial score (nSPS) is 11.7. The van der Waals surface area contributed by atoms with Gasteiger partial charge in [-0.05, 0) is 12.1 Å². The lowest BCUT2D eigenvalue weighted by molar-refractivity contribution is 0.371. The van der Waals surface area contributed by atoms with Crippen molar-refractivity contribution in [3.63, 3.8) is 0 Å². The SMILES string of the molecule is CN=C(NCCc1ccccn1)NCCc1nc(C(C)C)no1. The molecule has 23 heavy (non-hydrogen) atoms. The van der Waals surface area contributed by atoms with Crippen LogP contribution in [0.5, 0.6) is 0 Å². The lowest BCUT2D eigenvalue weighted by Gasteiger charge is -2.10. The van der Waals surface area contributed by atoms with Crippen molar-refractivity contribution in [1.29, 1.82) is 0 Å². The number of hydrogen-bond donors (Lipinski definition) is 2. The van der Waals surface area contributed by atoms with Gasteiger partial charge in [-0.2, -0.15) is 4.98 Å². The van der Waals surface area contributed by atoms with E-state index < -0.39 is 0 Å². The highest BCUT2D eigenvalue weighted by molar-refractivity contribution is 5.79. The van der Waals surface area contributed by atoms with Gasteiger partial charge in [0.15, 0.2) is 11.8 Å². The van der Waals surface area contributed by atoms with Crippen molar-refractivity contribution in [3.8, 4) is 0 Å². The maximum atomic E-state index is 5.21. The molecule has 0 radical (unpaired) electrons. The van der Waals surface area contributed by atoms with E-state index in [4.69, 9.17) is 4.52 Å². The summed E-state index contributed by atoms with van der Waals surface area (Å²) in [6.45, 7) is 5.54. The van der Waals surface area contributed by atoms with Crippen molar-refractivity contribution in [2.45, 2.75) is 32.6 Å². The molecule has 0 saturated carbocycles. The molecule has 2 N–H and O–H groups in total. The summed E-state index contributed by atoms with van der Waals surface area (Å²) < 4.78 is 5.21. The van der Waals surface area contributed by atoms with Crippen LogP contribution in [0.4, 0.5) is 0 Å². The third kappa shape index (κ3) is 5.69. The molecule has 2 rings (SSSR count). The van der Waals surface area contributed by atoms with Gasteiger partial charge in [0, 0.05) is 50.8 Å². The van der Waals surface area contributed by atoms with Crippen LogP contribution in [-0.4, -0.2) is 41.2 Å². The second kappa shape index (κ2) is 8.87. The fourth-order valence-electron chi connectivity index (χ4n) is 1.97. The van der Waals surface area contributed by atoms with Gasteiger partial charge in [0.2, 0.25) is 5.89 Å². The van der Waals surface area contributed by atoms with Gasteiger partial charge in [-0.3, -0.25) is 9.98 Å². The summed E-state index contributed by atoms with van der Waals surface area (Å²) >= 11 is 0. The summed E-state index contributed by atoms with van der Waals surface area (Å²) in [4.78, 5) is 12.8. The van der Waals surface area contributed by atoms with E-state index in [0.29, 0.717) is 18.9 Å². The number of rotatable bonds is 7. The van der Waals surface area contributed by atoms with Gasteiger partial charge in [-0.1, -0.05) is 25.1 Å². The quantitative estimate of drug-likeness (QED) is 0.595. The summed E-state index contributed by atoms with van der Waals surface area (Å²) in [5.41, 5.74) is 1.06. The highest BCUT2D eigenvalue weighted by Gasteiger charge is 2.09. The standard InChI is InChI=1S/C16H24N6O/c1-12(2)15-21-14(23-22-15)8-11-20-16(17-3)19-10-7-13-6-4-5-9-18-13/h4-6,9,12H,7-8,10-11H2,1-3H3,(H2,17,19,20). The first-order chi connectivity index (χ1) is 11.2. The van der Waals surface area contributed by atoms with E-state index in [1.165, 1.54) is 0 Å². The van der Waals surface area contributed by atoms with E-state index in [-0.39, 0.29) is 5.92 Å². The third-order valence-electron chi connectivity index (χ3n) is 3.25. The van der Waals surface area contributed by atoms with Crippen LogP contribution in [0.25, 0.3) is 0 Å². The van der Waals surface area contributed by atoms with E-state index >= 15 is 0 Å². The first-order valence-corrected chi connectivity index (χ1v) is 7.86. The summed E-state index contributed by atoms with van der Waals surface area (Å²) in [5.74, 6) is 2.43. The average molecular weight is 316 g/mol. The minimum atomic E-state index is 0.279. The smallest absolute Gasteiger partial charge is 0.228 e. The van der Waals surface area contributed by atoms with Crippen molar-refractivity contribution in [2.24, 2.45) is 4.99 Å². The van der Waals surface area contributed by atoms with Crippen molar-refractivity contribution >= 4 is 5.96 Å². The molecule has 124 valence electrons. The maximum Gasteiger partial charge on any atom is 0.228 e. The van der Waals surface area contributed by atoms with Crippen molar-refractivity contribution < 1.29 is 4.52 Å². The molecule has 0 aliphatic carbocycles. The number of aromatic nitrogens is 3. The monoisotopic (exact) mass is 316 g/mol. The van der Waals surface area contributed by atoms with Gasteiger partial charge in [-0.25, -0.2) is 0 Å². The Morgan fingerprint density at radius 3 is 2.61 bits per heavy atom. The van der Waals surface area contributed by atoms with Crippen molar-refractivity contribution in [2.75, 3.05) is 20.1 Å². The zero-order valence-electron chi connectivity index (χ0n) is 13.9. The average Bonchev–Trinajstić information content (AvgIpc) is 3.03. The summed E-state index contributed by atoms with van der Waals surface area (Å²) in [6, 6.07) is 5.92. The predicted octanol–water partition coefficient (Wildman–Crippen LogP) is 1.54. The van der Waals surface area contributed by atoms with E-state index in [1.807, 2.05) is 32.0 Å².